The molecule has 0 spiro atoms. The molecule has 0 aliphatic heterocycles. The number of carboxylic acids is 1. The van der Waals surface area contributed by atoms with Crippen molar-refractivity contribution in [2.24, 2.45) is 0 Å². The SMILES string of the molecule is C=O.O=C(O)C=Cc1ccccc1. The van der Waals surface area contributed by atoms with Gasteiger partial charge in [-0.25, -0.2) is 4.79 Å². The van der Waals surface area contributed by atoms with Crippen molar-refractivity contribution in [3.8, 4) is 0 Å². The highest BCUT2D eigenvalue weighted by Crippen LogP contribution is 1.99. The van der Waals surface area contributed by atoms with Crippen molar-refractivity contribution in [2.75, 3.05) is 0 Å². The van der Waals surface area contributed by atoms with E-state index < -0.39 is 5.97 Å². The zero-order valence-corrected chi connectivity index (χ0v) is 7.01. The molecular formula is C10H10O3. The van der Waals surface area contributed by atoms with E-state index in [9.17, 15) is 4.79 Å². The molecule has 3 nitrogen and oxygen atoms in total. The largest absolute Gasteiger partial charge is 0.478 e. The van der Waals surface area contributed by atoms with E-state index in [0.29, 0.717) is 0 Å². The first kappa shape index (κ1) is 11.1. The van der Waals surface area contributed by atoms with Crippen LogP contribution in [-0.4, -0.2) is 17.9 Å². The second-order valence-corrected chi connectivity index (χ2v) is 2.08. The van der Waals surface area contributed by atoms with Gasteiger partial charge in [0.15, 0.2) is 0 Å². The lowest BCUT2D eigenvalue weighted by Crippen LogP contribution is -1.85. The topological polar surface area (TPSA) is 54.4 Å². The Morgan fingerprint density at radius 1 is 1.23 bits per heavy atom. The highest BCUT2D eigenvalue weighted by molar-refractivity contribution is 5.85. The van der Waals surface area contributed by atoms with Crippen molar-refractivity contribution in [1.82, 2.24) is 0 Å². The quantitative estimate of drug-likeness (QED) is 0.700. The fraction of sp³-hybridized carbons (Fsp3) is 0. The van der Waals surface area contributed by atoms with Crippen LogP contribution in [0.1, 0.15) is 5.56 Å². The Hall–Kier alpha value is -1.90. The Kier molecular flexibility index (Phi) is 5.80. The van der Waals surface area contributed by atoms with E-state index in [1.807, 2.05) is 37.1 Å². The molecule has 68 valence electrons. The van der Waals surface area contributed by atoms with Crippen LogP contribution in [0.4, 0.5) is 0 Å². The van der Waals surface area contributed by atoms with Gasteiger partial charge >= 0.3 is 5.97 Å². The summed E-state index contributed by atoms with van der Waals surface area (Å²) in [5.41, 5.74) is 0.898. The van der Waals surface area contributed by atoms with Gasteiger partial charge in [-0.1, -0.05) is 30.3 Å². The Bertz CT molecular complexity index is 277. The van der Waals surface area contributed by atoms with Crippen LogP contribution in [0.25, 0.3) is 6.08 Å². The van der Waals surface area contributed by atoms with Gasteiger partial charge in [-0.15, -0.1) is 0 Å². The summed E-state index contributed by atoms with van der Waals surface area (Å²) in [4.78, 5) is 18.1. The summed E-state index contributed by atoms with van der Waals surface area (Å²) in [6, 6.07) is 9.31. The number of carbonyl (C=O) groups excluding carboxylic acids is 1. The minimum atomic E-state index is -0.922. The van der Waals surface area contributed by atoms with Crippen molar-refractivity contribution >= 4 is 18.8 Å². The predicted molar refractivity (Wildman–Crippen MR) is 50.2 cm³/mol. The molecule has 0 aliphatic rings. The van der Waals surface area contributed by atoms with Crippen molar-refractivity contribution < 1.29 is 14.7 Å². The first-order valence-corrected chi connectivity index (χ1v) is 3.54. The molecule has 0 saturated carbocycles. The molecule has 3 heteroatoms. The molecule has 0 radical (unpaired) electrons. The van der Waals surface area contributed by atoms with Gasteiger partial charge in [-0.3, -0.25) is 0 Å². The first-order valence-electron chi connectivity index (χ1n) is 3.54. The van der Waals surface area contributed by atoms with Crippen LogP contribution in [0, 0.1) is 0 Å². The Balaban J connectivity index is 0.000000671. The van der Waals surface area contributed by atoms with Crippen molar-refractivity contribution in [3.05, 3.63) is 42.0 Å². The van der Waals surface area contributed by atoms with Crippen LogP contribution < -0.4 is 0 Å². The number of hydrogen-bond acceptors (Lipinski definition) is 2. The average molecular weight is 178 g/mol. The monoisotopic (exact) mass is 178 g/mol. The van der Waals surface area contributed by atoms with Gasteiger partial charge < -0.3 is 9.90 Å². The number of carboxylic acid groups (broad SMARTS) is 1. The van der Waals surface area contributed by atoms with Gasteiger partial charge in [0.1, 0.15) is 6.79 Å². The normalized spacial score (nSPS) is 8.92. The fourth-order valence-corrected chi connectivity index (χ4v) is 0.732. The second-order valence-electron chi connectivity index (χ2n) is 2.08. The molecule has 0 heterocycles. The molecular weight excluding hydrogens is 168 g/mol. The third-order valence-corrected chi connectivity index (χ3v) is 1.22. The maximum Gasteiger partial charge on any atom is 0.328 e. The van der Waals surface area contributed by atoms with Crippen LogP contribution in [0.15, 0.2) is 36.4 Å². The van der Waals surface area contributed by atoms with Gasteiger partial charge in [-0.05, 0) is 11.6 Å². The zero-order chi connectivity index (χ0) is 10.1. The molecule has 1 aromatic carbocycles. The maximum absolute atomic E-state index is 10.1. The summed E-state index contributed by atoms with van der Waals surface area (Å²) in [6.45, 7) is 2.00. The smallest absolute Gasteiger partial charge is 0.328 e. The molecule has 0 aliphatic carbocycles. The van der Waals surface area contributed by atoms with Gasteiger partial charge in [0, 0.05) is 6.08 Å². The van der Waals surface area contributed by atoms with Gasteiger partial charge in [-0.2, -0.15) is 0 Å². The standard InChI is InChI=1S/C9H8O2.CH2O/c10-9(11)7-6-8-4-2-1-3-5-8;1-2/h1-7H,(H,10,11);1H2. The molecule has 1 aromatic rings. The minimum Gasteiger partial charge on any atom is -0.478 e. The lowest BCUT2D eigenvalue weighted by Gasteiger charge is -1.87. The molecule has 0 aromatic heterocycles. The van der Waals surface area contributed by atoms with Crippen LogP contribution >= 0.6 is 0 Å². The molecule has 0 bridgehead atoms. The summed E-state index contributed by atoms with van der Waals surface area (Å²) in [5.74, 6) is -0.922. The molecule has 0 fully saturated rings. The first-order chi connectivity index (χ1) is 6.29. The summed E-state index contributed by atoms with van der Waals surface area (Å²) in [6.07, 6.45) is 2.68. The van der Waals surface area contributed by atoms with Crippen LogP contribution in [0.2, 0.25) is 0 Å². The molecule has 0 amide bonds. The number of benzene rings is 1. The van der Waals surface area contributed by atoms with Crippen LogP contribution in [0.3, 0.4) is 0 Å². The van der Waals surface area contributed by atoms with E-state index in [4.69, 9.17) is 9.90 Å². The third-order valence-electron chi connectivity index (χ3n) is 1.22. The van der Waals surface area contributed by atoms with E-state index in [0.717, 1.165) is 11.6 Å². The van der Waals surface area contributed by atoms with Crippen LogP contribution in [-0.2, 0) is 9.59 Å². The molecule has 1 rings (SSSR count). The van der Waals surface area contributed by atoms with Gasteiger partial charge in [0.05, 0.1) is 0 Å². The number of rotatable bonds is 2. The van der Waals surface area contributed by atoms with Crippen molar-refractivity contribution in [3.63, 3.8) is 0 Å². The lowest BCUT2D eigenvalue weighted by atomic mass is 10.2. The summed E-state index contributed by atoms with van der Waals surface area (Å²) in [5, 5.41) is 8.29. The number of hydrogen-bond donors (Lipinski definition) is 1. The molecule has 1 N–H and O–H groups in total. The minimum absolute atomic E-state index is 0.898. The average Bonchev–Trinajstić information content (AvgIpc) is 2.19. The molecule has 13 heavy (non-hydrogen) atoms. The fourth-order valence-electron chi connectivity index (χ4n) is 0.732. The van der Waals surface area contributed by atoms with Crippen molar-refractivity contribution in [2.45, 2.75) is 0 Å². The predicted octanol–water partition coefficient (Wildman–Crippen LogP) is 1.60. The number of aliphatic carboxylic acids is 1. The lowest BCUT2D eigenvalue weighted by molar-refractivity contribution is -0.131. The van der Waals surface area contributed by atoms with Gasteiger partial charge in [0.2, 0.25) is 0 Å². The van der Waals surface area contributed by atoms with Crippen LogP contribution in [0.5, 0.6) is 0 Å². The van der Waals surface area contributed by atoms with E-state index in [1.54, 1.807) is 6.08 Å². The summed E-state index contributed by atoms with van der Waals surface area (Å²) < 4.78 is 0. The molecule has 0 unspecified atom stereocenters. The Morgan fingerprint density at radius 2 is 1.77 bits per heavy atom. The Labute approximate surface area is 76.3 Å². The summed E-state index contributed by atoms with van der Waals surface area (Å²) >= 11 is 0. The molecule has 0 saturated heterocycles. The summed E-state index contributed by atoms with van der Waals surface area (Å²) in [7, 11) is 0. The van der Waals surface area contributed by atoms with Crippen molar-refractivity contribution in [1.29, 1.82) is 0 Å². The number of carbonyl (C=O) groups is 2. The van der Waals surface area contributed by atoms with E-state index in [1.165, 1.54) is 0 Å². The zero-order valence-electron chi connectivity index (χ0n) is 7.01. The molecule has 0 atom stereocenters. The highest BCUT2D eigenvalue weighted by Gasteiger charge is 1.85. The highest BCUT2D eigenvalue weighted by atomic mass is 16.4. The van der Waals surface area contributed by atoms with E-state index in [2.05, 4.69) is 0 Å². The maximum atomic E-state index is 10.1. The Morgan fingerprint density at radius 3 is 2.23 bits per heavy atom. The van der Waals surface area contributed by atoms with E-state index >= 15 is 0 Å². The van der Waals surface area contributed by atoms with E-state index in [-0.39, 0.29) is 0 Å². The second kappa shape index (κ2) is 6.79. The van der Waals surface area contributed by atoms with Gasteiger partial charge in [0.25, 0.3) is 0 Å². The third kappa shape index (κ3) is 5.38.